The van der Waals surface area contributed by atoms with Crippen LogP contribution < -0.4 is 0 Å². The third kappa shape index (κ3) is 2.54. The first-order valence-corrected chi connectivity index (χ1v) is 6.67. The number of hydrogen-bond acceptors (Lipinski definition) is 1. The van der Waals surface area contributed by atoms with Gasteiger partial charge in [-0.15, -0.1) is 0 Å². The zero-order valence-corrected chi connectivity index (χ0v) is 11.5. The van der Waals surface area contributed by atoms with Gasteiger partial charge in [-0.2, -0.15) is 0 Å². The Balaban J connectivity index is 1.94. The highest BCUT2D eigenvalue weighted by molar-refractivity contribution is 6.35. The van der Waals surface area contributed by atoms with Gasteiger partial charge in [0, 0.05) is 23.6 Å². The number of halogens is 3. The molecule has 5 heteroatoms. The molecule has 0 saturated heterocycles. The largest absolute Gasteiger partial charge is 0.359 e. The summed E-state index contributed by atoms with van der Waals surface area (Å²) in [5.41, 5.74) is 1.60. The summed E-state index contributed by atoms with van der Waals surface area (Å²) in [5, 5.41) is 1.24. The maximum atomic E-state index is 13.2. The number of hydrogen-bond donors (Lipinski definition) is 1. The molecule has 1 aromatic heterocycles. The average Bonchev–Trinajstić information content (AvgIpc) is 2.88. The maximum Gasteiger partial charge on any atom is 0.169 e. The van der Waals surface area contributed by atoms with Crippen molar-refractivity contribution in [2.75, 3.05) is 0 Å². The van der Waals surface area contributed by atoms with Crippen molar-refractivity contribution in [1.29, 1.82) is 0 Å². The lowest BCUT2D eigenvalue weighted by Crippen LogP contribution is -2.03. The maximum absolute atomic E-state index is 13.2. The minimum atomic E-state index is -0.956. The van der Waals surface area contributed by atoms with Crippen LogP contribution in [-0.4, -0.2) is 10.8 Å². The Morgan fingerprint density at radius 2 is 1.95 bits per heavy atom. The van der Waals surface area contributed by atoms with E-state index in [1.807, 2.05) is 0 Å². The van der Waals surface area contributed by atoms with E-state index in [1.165, 1.54) is 6.07 Å². The summed E-state index contributed by atoms with van der Waals surface area (Å²) in [5.74, 6) is -2.07. The fraction of sp³-hybridized carbons (Fsp3) is 0.0625. The standard InChI is InChI=1S/C16H10ClF2NO/c17-12-3-1-2-10-11(8-20-16(10)12)15(21)7-9-4-5-13(18)14(19)6-9/h1-6,8,20H,7H2. The van der Waals surface area contributed by atoms with Gasteiger partial charge >= 0.3 is 0 Å². The number of rotatable bonds is 3. The molecule has 0 radical (unpaired) electrons. The summed E-state index contributed by atoms with van der Waals surface area (Å²) < 4.78 is 26.1. The lowest BCUT2D eigenvalue weighted by atomic mass is 10.0. The van der Waals surface area contributed by atoms with Crippen molar-refractivity contribution in [3.8, 4) is 0 Å². The van der Waals surface area contributed by atoms with E-state index in [2.05, 4.69) is 4.98 Å². The van der Waals surface area contributed by atoms with Crippen molar-refractivity contribution in [3.05, 3.63) is 70.4 Å². The summed E-state index contributed by atoms with van der Waals surface area (Å²) in [6, 6.07) is 8.73. The van der Waals surface area contributed by atoms with E-state index in [1.54, 1.807) is 24.4 Å². The molecule has 106 valence electrons. The Labute approximate surface area is 124 Å². The number of fused-ring (bicyclic) bond motifs is 1. The van der Waals surface area contributed by atoms with Crippen LogP contribution in [0.5, 0.6) is 0 Å². The van der Waals surface area contributed by atoms with Crippen molar-refractivity contribution >= 4 is 28.3 Å². The molecule has 21 heavy (non-hydrogen) atoms. The lowest BCUT2D eigenvalue weighted by Gasteiger charge is -2.02. The first kappa shape index (κ1) is 13.8. The van der Waals surface area contributed by atoms with Crippen LogP contribution in [0.4, 0.5) is 8.78 Å². The zero-order valence-electron chi connectivity index (χ0n) is 10.8. The van der Waals surface area contributed by atoms with Crippen LogP contribution in [0.25, 0.3) is 10.9 Å². The smallest absolute Gasteiger partial charge is 0.169 e. The normalized spacial score (nSPS) is 11.0. The summed E-state index contributed by atoms with van der Waals surface area (Å²) in [6.45, 7) is 0. The van der Waals surface area contributed by atoms with E-state index in [-0.39, 0.29) is 12.2 Å². The highest BCUT2D eigenvalue weighted by Crippen LogP contribution is 2.26. The van der Waals surface area contributed by atoms with Crippen molar-refractivity contribution in [3.63, 3.8) is 0 Å². The van der Waals surface area contributed by atoms with E-state index >= 15 is 0 Å². The Kier molecular flexibility index (Phi) is 3.47. The number of ketones is 1. The molecule has 0 aliphatic carbocycles. The highest BCUT2D eigenvalue weighted by atomic mass is 35.5. The molecule has 0 unspecified atom stereocenters. The second-order valence-corrected chi connectivity index (χ2v) is 5.12. The third-order valence-corrected chi connectivity index (χ3v) is 3.63. The van der Waals surface area contributed by atoms with Gasteiger partial charge in [0.05, 0.1) is 10.5 Å². The number of nitrogens with one attached hydrogen (secondary N) is 1. The van der Waals surface area contributed by atoms with Crippen LogP contribution in [0.15, 0.2) is 42.6 Å². The monoisotopic (exact) mass is 305 g/mol. The summed E-state index contributed by atoms with van der Waals surface area (Å²) in [4.78, 5) is 15.3. The van der Waals surface area contributed by atoms with Gasteiger partial charge in [-0.25, -0.2) is 8.78 Å². The molecule has 1 N–H and O–H groups in total. The van der Waals surface area contributed by atoms with Crippen molar-refractivity contribution in [1.82, 2.24) is 4.98 Å². The number of carbonyl (C=O) groups is 1. The molecule has 1 heterocycles. The van der Waals surface area contributed by atoms with Gasteiger partial charge < -0.3 is 4.98 Å². The number of aromatic amines is 1. The number of carbonyl (C=O) groups excluding carboxylic acids is 1. The van der Waals surface area contributed by atoms with E-state index in [4.69, 9.17) is 11.6 Å². The van der Waals surface area contributed by atoms with Crippen LogP contribution >= 0.6 is 11.6 Å². The van der Waals surface area contributed by atoms with Crippen LogP contribution in [0.2, 0.25) is 5.02 Å². The molecule has 0 aliphatic heterocycles. The summed E-state index contributed by atoms with van der Waals surface area (Å²) in [7, 11) is 0. The van der Waals surface area contributed by atoms with Gasteiger partial charge in [-0.1, -0.05) is 29.8 Å². The van der Waals surface area contributed by atoms with Gasteiger partial charge in [-0.3, -0.25) is 4.79 Å². The van der Waals surface area contributed by atoms with Crippen LogP contribution in [0.1, 0.15) is 15.9 Å². The summed E-state index contributed by atoms with van der Waals surface area (Å²) in [6.07, 6.45) is 1.58. The molecule has 0 spiro atoms. The Bertz CT molecular complexity index is 841. The minimum absolute atomic E-state index is 0.00331. The predicted molar refractivity (Wildman–Crippen MR) is 77.7 cm³/mol. The zero-order chi connectivity index (χ0) is 15.0. The quantitative estimate of drug-likeness (QED) is 0.709. The minimum Gasteiger partial charge on any atom is -0.359 e. The topological polar surface area (TPSA) is 32.9 Å². The molecular formula is C16H10ClF2NO. The fourth-order valence-corrected chi connectivity index (χ4v) is 2.51. The first-order valence-electron chi connectivity index (χ1n) is 6.29. The van der Waals surface area contributed by atoms with Crippen molar-refractivity contribution in [2.24, 2.45) is 0 Å². The molecule has 0 aliphatic rings. The van der Waals surface area contributed by atoms with Gasteiger partial charge in [-0.05, 0) is 23.8 Å². The average molecular weight is 306 g/mol. The molecule has 0 atom stereocenters. The van der Waals surface area contributed by atoms with E-state index in [0.717, 1.165) is 17.5 Å². The van der Waals surface area contributed by atoms with E-state index in [9.17, 15) is 13.6 Å². The SMILES string of the molecule is O=C(Cc1ccc(F)c(F)c1)c1c[nH]c2c(Cl)cccc12. The van der Waals surface area contributed by atoms with Gasteiger partial charge in [0.25, 0.3) is 0 Å². The molecule has 0 bridgehead atoms. The molecule has 2 aromatic carbocycles. The Hall–Kier alpha value is -2.20. The molecule has 0 amide bonds. The molecule has 0 fully saturated rings. The van der Waals surface area contributed by atoms with Gasteiger partial charge in [0.15, 0.2) is 17.4 Å². The number of H-pyrrole nitrogens is 1. The lowest BCUT2D eigenvalue weighted by molar-refractivity contribution is 0.0994. The number of aromatic nitrogens is 1. The molecule has 0 saturated carbocycles. The Morgan fingerprint density at radius 3 is 2.71 bits per heavy atom. The fourth-order valence-electron chi connectivity index (χ4n) is 2.28. The van der Waals surface area contributed by atoms with Crippen LogP contribution in [0.3, 0.4) is 0 Å². The van der Waals surface area contributed by atoms with Crippen LogP contribution in [0, 0.1) is 11.6 Å². The Morgan fingerprint density at radius 1 is 1.14 bits per heavy atom. The molecular weight excluding hydrogens is 296 g/mol. The van der Waals surface area contributed by atoms with E-state index < -0.39 is 11.6 Å². The molecule has 3 aromatic rings. The highest BCUT2D eigenvalue weighted by Gasteiger charge is 2.14. The van der Waals surface area contributed by atoms with Gasteiger partial charge in [0.1, 0.15) is 0 Å². The van der Waals surface area contributed by atoms with Gasteiger partial charge in [0.2, 0.25) is 0 Å². The first-order chi connectivity index (χ1) is 10.1. The number of Topliss-reactive ketones (excluding diaryl/α,β-unsaturated/α-hetero) is 1. The van der Waals surface area contributed by atoms with Crippen LogP contribution in [-0.2, 0) is 6.42 Å². The van der Waals surface area contributed by atoms with Crippen molar-refractivity contribution in [2.45, 2.75) is 6.42 Å². The summed E-state index contributed by atoms with van der Waals surface area (Å²) >= 11 is 6.04. The van der Waals surface area contributed by atoms with E-state index in [0.29, 0.717) is 21.7 Å². The number of benzene rings is 2. The second-order valence-electron chi connectivity index (χ2n) is 4.71. The number of para-hydroxylation sites is 1. The predicted octanol–water partition coefficient (Wildman–Crippen LogP) is 4.52. The second kappa shape index (κ2) is 5.30. The molecule has 3 rings (SSSR count). The van der Waals surface area contributed by atoms with Crippen molar-refractivity contribution < 1.29 is 13.6 Å². The third-order valence-electron chi connectivity index (χ3n) is 3.31. The molecule has 2 nitrogen and oxygen atoms in total.